The average molecular weight is 128 g/mol. The van der Waals surface area contributed by atoms with Crippen LogP contribution >= 0.6 is 0 Å². The molecule has 9 heavy (non-hydrogen) atoms. The van der Waals surface area contributed by atoms with Crippen LogP contribution in [-0.2, 0) is 4.74 Å². The molecule has 0 N–H and O–H groups in total. The van der Waals surface area contributed by atoms with Crippen molar-refractivity contribution in [1.29, 1.82) is 0 Å². The number of hydrogen-bond donors (Lipinski definition) is 0. The lowest BCUT2D eigenvalue weighted by atomic mass is 9.78. The second-order valence-electron chi connectivity index (χ2n) is 3.76. The standard InChI is InChI=1S/C8H16O/c1-6(2)7-5-9-8(7,3)4/h6-7H,5H2,1-4H3. The molecule has 0 aromatic carbocycles. The van der Waals surface area contributed by atoms with E-state index in [1.165, 1.54) is 0 Å². The minimum atomic E-state index is 0.161. The summed E-state index contributed by atoms with van der Waals surface area (Å²) in [5.74, 6) is 1.55. The van der Waals surface area contributed by atoms with Crippen molar-refractivity contribution in [1.82, 2.24) is 0 Å². The van der Waals surface area contributed by atoms with Crippen LogP contribution in [0.3, 0.4) is 0 Å². The first-order valence-electron chi connectivity index (χ1n) is 3.68. The van der Waals surface area contributed by atoms with E-state index in [1.54, 1.807) is 0 Å². The molecule has 0 aromatic heterocycles. The van der Waals surface area contributed by atoms with Crippen LogP contribution in [0.4, 0.5) is 0 Å². The minimum Gasteiger partial charge on any atom is -0.375 e. The molecule has 54 valence electrons. The number of hydrogen-bond acceptors (Lipinski definition) is 1. The normalized spacial score (nSPS) is 32.3. The lowest BCUT2D eigenvalue weighted by Crippen LogP contribution is -2.51. The number of ether oxygens (including phenoxy) is 1. The second-order valence-corrected chi connectivity index (χ2v) is 3.76. The van der Waals surface area contributed by atoms with Crippen LogP contribution in [0.25, 0.3) is 0 Å². The molecule has 0 radical (unpaired) electrons. The molecule has 1 saturated heterocycles. The van der Waals surface area contributed by atoms with E-state index in [1.807, 2.05) is 0 Å². The summed E-state index contributed by atoms with van der Waals surface area (Å²) in [6.45, 7) is 9.82. The molecule has 1 heterocycles. The molecular weight excluding hydrogens is 112 g/mol. The van der Waals surface area contributed by atoms with Crippen LogP contribution in [0.5, 0.6) is 0 Å². The van der Waals surface area contributed by atoms with Crippen molar-refractivity contribution in [2.24, 2.45) is 11.8 Å². The molecule has 1 fully saturated rings. The zero-order valence-corrected chi connectivity index (χ0v) is 6.77. The topological polar surface area (TPSA) is 9.23 Å². The Labute approximate surface area is 57.4 Å². The van der Waals surface area contributed by atoms with Gasteiger partial charge >= 0.3 is 0 Å². The van der Waals surface area contributed by atoms with Crippen molar-refractivity contribution in [3.05, 3.63) is 0 Å². The van der Waals surface area contributed by atoms with E-state index < -0.39 is 0 Å². The fraction of sp³-hybridized carbons (Fsp3) is 1.00. The first-order valence-corrected chi connectivity index (χ1v) is 3.68. The summed E-state index contributed by atoms with van der Waals surface area (Å²) in [4.78, 5) is 0. The molecule has 0 spiro atoms. The summed E-state index contributed by atoms with van der Waals surface area (Å²) in [5.41, 5.74) is 0.161. The Kier molecular flexibility index (Phi) is 1.55. The van der Waals surface area contributed by atoms with Crippen molar-refractivity contribution in [3.8, 4) is 0 Å². The predicted molar refractivity (Wildman–Crippen MR) is 38.4 cm³/mol. The molecule has 0 aromatic rings. The molecule has 1 nitrogen and oxygen atoms in total. The zero-order valence-electron chi connectivity index (χ0n) is 6.77. The number of rotatable bonds is 1. The summed E-state index contributed by atoms with van der Waals surface area (Å²) in [7, 11) is 0. The van der Waals surface area contributed by atoms with Gasteiger partial charge in [0.1, 0.15) is 0 Å². The van der Waals surface area contributed by atoms with Gasteiger partial charge in [0, 0.05) is 5.92 Å². The Balaban J connectivity index is 2.45. The van der Waals surface area contributed by atoms with E-state index in [0.717, 1.165) is 18.4 Å². The Morgan fingerprint density at radius 2 is 2.00 bits per heavy atom. The first kappa shape index (κ1) is 7.07. The van der Waals surface area contributed by atoms with Gasteiger partial charge in [-0.25, -0.2) is 0 Å². The quantitative estimate of drug-likeness (QED) is 0.525. The van der Waals surface area contributed by atoms with E-state index in [2.05, 4.69) is 27.7 Å². The first-order chi connectivity index (χ1) is 4.04. The maximum Gasteiger partial charge on any atom is 0.0679 e. The fourth-order valence-corrected chi connectivity index (χ4v) is 1.51. The molecule has 0 amide bonds. The maximum absolute atomic E-state index is 5.39. The third kappa shape index (κ3) is 1.11. The van der Waals surface area contributed by atoms with Gasteiger partial charge in [0.25, 0.3) is 0 Å². The highest BCUT2D eigenvalue weighted by Crippen LogP contribution is 2.36. The molecule has 0 aliphatic carbocycles. The van der Waals surface area contributed by atoms with Crippen molar-refractivity contribution in [3.63, 3.8) is 0 Å². The second kappa shape index (κ2) is 1.98. The third-order valence-electron chi connectivity index (χ3n) is 2.33. The molecule has 1 atom stereocenters. The molecule has 1 aliphatic heterocycles. The predicted octanol–water partition coefficient (Wildman–Crippen LogP) is 2.07. The summed E-state index contributed by atoms with van der Waals surface area (Å²) in [6.07, 6.45) is 0. The van der Waals surface area contributed by atoms with Gasteiger partial charge < -0.3 is 4.74 Å². The van der Waals surface area contributed by atoms with E-state index in [4.69, 9.17) is 4.74 Å². The third-order valence-corrected chi connectivity index (χ3v) is 2.33. The van der Waals surface area contributed by atoms with Gasteiger partial charge in [-0.2, -0.15) is 0 Å². The van der Waals surface area contributed by atoms with E-state index in [-0.39, 0.29) is 5.60 Å². The van der Waals surface area contributed by atoms with Crippen molar-refractivity contribution >= 4 is 0 Å². The summed E-state index contributed by atoms with van der Waals surface area (Å²) >= 11 is 0. The molecular formula is C8H16O. The summed E-state index contributed by atoms with van der Waals surface area (Å²) in [5, 5.41) is 0. The Morgan fingerprint density at radius 3 is 2.00 bits per heavy atom. The lowest BCUT2D eigenvalue weighted by Gasteiger charge is -2.46. The highest BCUT2D eigenvalue weighted by Gasteiger charge is 2.41. The van der Waals surface area contributed by atoms with Crippen LogP contribution in [-0.4, -0.2) is 12.2 Å². The van der Waals surface area contributed by atoms with Crippen molar-refractivity contribution in [2.45, 2.75) is 33.3 Å². The van der Waals surface area contributed by atoms with Gasteiger partial charge in [-0.1, -0.05) is 13.8 Å². The Bertz CT molecular complexity index is 105. The largest absolute Gasteiger partial charge is 0.375 e. The molecule has 1 rings (SSSR count). The Hall–Kier alpha value is -0.0400. The molecule has 1 aliphatic rings. The van der Waals surface area contributed by atoms with Crippen LogP contribution in [0.2, 0.25) is 0 Å². The smallest absolute Gasteiger partial charge is 0.0679 e. The molecule has 0 bridgehead atoms. The van der Waals surface area contributed by atoms with Crippen molar-refractivity contribution < 1.29 is 4.74 Å². The molecule has 0 saturated carbocycles. The minimum absolute atomic E-state index is 0.161. The highest BCUT2D eigenvalue weighted by atomic mass is 16.5. The lowest BCUT2D eigenvalue weighted by molar-refractivity contribution is -0.196. The van der Waals surface area contributed by atoms with Gasteiger partial charge in [-0.3, -0.25) is 0 Å². The maximum atomic E-state index is 5.39. The van der Waals surface area contributed by atoms with Crippen LogP contribution < -0.4 is 0 Å². The van der Waals surface area contributed by atoms with Crippen molar-refractivity contribution in [2.75, 3.05) is 6.61 Å². The Morgan fingerprint density at radius 1 is 1.44 bits per heavy atom. The SMILES string of the molecule is CC(C)C1COC1(C)C. The van der Waals surface area contributed by atoms with E-state index in [9.17, 15) is 0 Å². The van der Waals surface area contributed by atoms with Gasteiger partial charge in [-0.05, 0) is 19.8 Å². The molecule has 1 heteroatoms. The van der Waals surface area contributed by atoms with Crippen LogP contribution in [0, 0.1) is 11.8 Å². The average Bonchev–Trinajstić information content (AvgIpc) is 1.62. The monoisotopic (exact) mass is 128 g/mol. The zero-order chi connectivity index (χ0) is 7.07. The van der Waals surface area contributed by atoms with Gasteiger partial charge in [0.2, 0.25) is 0 Å². The molecule has 1 unspecified atom stereocenters. The van der Waals surface area contributed by atoms with Crippen LogP contribution in [0.15, 0.2) is 0 Å². The highest BCUT2D eigenvalue weighted by molar-refractivity contribution is 4.89. The summed E-state index contributed by atoms with van der Waals surface area (Å²) < 4.78 is 5.39. The van der Waals surface area contributed by atoms with E-state index in [0.29, 0.717) is 0 Å². The van der Waals surface area contributed by atoms with Gasteiger partial charge in [-0.15, -0.1) is 0 Å². The van der Waals surface area contributed by atoms with Crippen LogP contribution in [0.1, 0.15) is 27.7 Å². The van der Waals surface area contributed by atoms with E-state index >= 15 is 0 Å². The fourth-order valence-electron chi connectivity index (χ4n) is 1.51. The van der Waals surface area contributed by atoms with Gasteiger partial charge in [0.15, 0.2) is 0 Å². The summed E-state index contributed by atoms with van der Waals surface area (Å²) in [6, 6.07) is 0. The van der Waals surface area contributed by atoms with Gasteiger partial charge in [0.05, 0.1) is 12.2 Å².